The molecule has 0 aromatic heterocycles. The fraction of sp³-hybridized carbons (Fsp3) is 0.565. The molecule has 0 saturated carbocycles. The summed E-state index contributed by atoms with van der Waals surface area (Å²) in [6, 6.07) is 4.72. The number of amides is 1. The molecule has 0 heterocycles. The van der Waals surface area contributed by atoms with Gasteiger partial charge in [-0.1, -0.05) is 6.07 Å². The lowest BCUT2D eigenvalue weighted by atomic mass is 9.91. The van der Waals surface area contributed by atoms with E-state index in [4.69, 9.17) is 14.2 Å². The first kappa shape index (κ1) is 26.9. The van der Waals surface area contributed by atoms with Gasteiger partial charge in [-0.3, -0.25) is 9.59 Å². The molecular weight excluding hydrogens is 418 g/mol. The summed E-state index contributed by atoms with van der Waals surface area (Å²) in [4.78, 5) is 47.9. The molecule has 0 aliphatic heterocycles. The van der Waals surface area contributed by atoms with Gasteiger partial charge in [-0.05, 0) is 71.2 Å². The molecule has 9 nitrogen and oxygen atoms in total. The van der Waals surface area contributed by atoms with Gasteiger partial charge in [0.25, 0.3) is 0 Å². The summed E-state index contributed by atoms with van der Waals surface area (Å²) in [6.07, 6.45) is -1.07. The molecule has 9 heteroatoms. The van der Waals surface area contributed by atoms with Gasteiger partial charge in [-0.2, -0.15) is 0 Å². The number of esters is 2. The van der Waals surface area contributed by atoms with Crippen LogP contribution < -0.4 is 5.32 Å². The van der Waals surface area contributed by atoms with E-state index in [1.54, 1.807) is 53.7 Å². The number of hydrogen-bond donors (Lipinski definition) is 2. The van der Waals surface area contributed by atoms with Crippen LogP contribution in [-0.2, 0) is 36.8 Å². The third-order valence-electron chi connectivity index (χ3n) is 4.08. The summed E-state index contributed by atoms with van der Waals surface area (Å²) in [5.74, 6) is -3.36. The molecule has 1 amide bonds. The van der Waals surface area contributed by atoms with Crippen molar-refractivity contribution in [1.82, 2.24) is 5.32 Å². The van der Waals surface area contributed by atoms with Crippen molar-refractivity contribution < 1.29 is 38.5 Å². The molecule has 0 fully saturated rings. The van der Waals surface area contributed by atoms with Crippen molar-refractivity contribution in [3.8, 4) is 0 Å². The lowest BCUT2D eigenvalue weighted by Gasteiger charge is -2.22. The van der Waals surface area contributed by atoms with Crippen LogP contribution in [0.3, 0.4) is 0 Å². The van der Waals surface area contributed by atoms with Crippen LogP contribution in [0.4, 0.5) is 4.79 Å². The summed E-state index contributed by atoms with van der Waals surface area (Å²) in [5.41, 5.74) is -0.0183. The number of rotatable bonds is 8. The van der Waals surface area contributed by atoms with E-state index in [0.717, 1.165) is 0 Å². The van der Waals surface area contributed by atoms with E-state index in [1.807, 2.05) is 0 Å². The van der Waals surface area contributed by atoms with Crippen LogP contribution >= 0.6 is 0 Å². The molecule has 1 atom stereocenters. The van der Waals surface area contributed by atoms with Gasteiger partial charge >= 0.3 is 24.0 Å². The first-order valence-corrected chi connectivity index (χ1v) is 10.2. The topological polar surface area (TPSA) is 128 Å². The number of hydrogen-bond acceptors (Lipinski definition) is 7. The lowest BCUT2D eigenvalue weighted by molar-refractivity contribution is -0.150. The highest BCUT2D eigenvalue weighted by molar-refractivity contribution is 5.90. The zero-order chi connectivity index (χ0) is 24.7. The maximum absolute atomic E-state index is 12.5. The Balaban J connectivity index is 3.23. The number of carbonyl (C=O) groups is 4. The zero-order valence-electron chi connectivity index (χ0n) is 19.7. The molecule has 0 radical (unpaired) electrons. The molecule has 0 aliphatic rings. The summed E-state index contributed by atoms with van der Waals surface area (Å²) in [7, 11) is 1.18. The minimum Gasteiger partial charge on any atom is -0.481 e. The fourth-order valence-corrected chi connectivity index (χ4v) is 2.82. The molecule has 0 unspecified atom stereocenters. The molecule has 32 heavy (non-hydrogen) atoms. The van der Waals surface area contributed by atoms with Crippen LogP contribution in [-0.4, -0.2) is 47.4 Å². The molecular formula is C23H33NO8. The normalized spacial score (nSPS) is 12.5. The molecule has 2 N–H and O–H groups in total. The first-order chi connectivity index (χ1) is 14.6. The van der Waals surface area contributed by atoms with Crippen molar-refractivity contribution in [2.75, 3.05) is 7.11 Å². The van der Waals surface area contributed by atoms with Crippen LogP contribution in [0.15, 0.2) is 18.2 Å². The average molecular weight is 452 g/mol. The van der Waals surface area contributed by atoms with Gasteiger partial charge in [-0.15, -0.1) is 0 Å². The SMILES string of the molecule is COC(=O)[C@H](CC(=O)O)Cc1cc(C(=O)OC(C)(C)C)ccc1CNC(=O)OC(C)(C)C. The number of carboxylic acids is 1. The van der Waals surface area contributed by atoms with Gasteiger partial charge in [0.2, 0.25) is 0 Å². The highest BCUT2D eigenvalue weighted by Crippen LogP contribution is 2.22. The Hall–Kier alpha value is -3.10. The second-order valence-electron chi connectivity index (χ2n) is 9.36. The third kappa shape index (κ3) is 9.80. The second-order valence-corrected chi connectivity index (χ2v) is 9.36. The maximum Gasteiger partial charge on any atom is 0.407 e. The molecule has 0 aliphatic carbocycles. The Labute approximate surface area is 188 Å². The Kier molecular flexibility index (Phi) is 9.23. The van der Waals surface area contributed by atoms with Crippen molar-refractivity contribution >= 4 is 24.0 Å². The number of aliphatic carboxylic acids is 1. The van der Waals surface area contributed by atoms with E-state index >= 15 is 0 Å². The molecule has 1 rings (SSSR count). The van der Waals surface area contributed by atoms with Crippen molar-refractivity contribution in [2.45, 2.75) is 72.1 Å². The Morgan fingerprint density at radius 1 is 0.969 bits per heavy atom. The van der Waals surface area contributed by atoms with Crippen molar-refractivity contribution in [1.29, 1.82) is 0 Å². The molecule has 1 aromatic rings. The highest BCUT2D eigenvalue weighted by Gasteiger charge is 2.26. The first-order valence-electron chi connectivity index (χ1n) is 10.2. The number of carboxylic acid groups (broad SMARTS) is 1. The Morgan fingerprint density at radius 2 is 1.56 bits per heavy atom. The smallest absolute Gasteiger partial charge is 0.407 e. The summed E-state index contributed by atoms with van der Waals surface area (Å²) in [5, 5.41) is 11.8. The average Bonchev–Trinajstić information content (AvgIpc) is 2.62. The number of methoxy groups -OCH3 is 1. The minimum atomic E-state index is -1.16. The highest BCUT2D eigenvalue weighted by atomic mass is 16.6. The van der Waals surface area contributed by atoms with Gasteiger partial charge in [-0.25, -0.2) is 9.59 Å². The summed E-state index contributed by atoms with van der Waals surface area (Å²) < 4.78 is 15.4. The fourth-order valence-electron chi connectivity index (χ4n) is 2.82. The van der Waals surface area contributed by atoms with Gasteiger partial charge in [0.1, 0.15) is 11.2 Å². The van der Waals surface area contributed by atoms with E-state index in [-0.39, 0.29) is 18.5 Å². The van der Waals surface area contributed by atoms with Crippen LogP contribution in [0.1, 0.15) is 69.4 Å². The van der Waals surface area contributed by atoms with Crippen molar-refractivity contribution in [3.63, 3.8) is 0 Å². The number of ether oxygens (including phenoxy) is 3. The van der Waals surface area contributed by atoms with Gasteiger partial charge in [0, 0.05) is 6.54 Å². The summed E-state index contributed by atoms with van der Waals surface area (Å²) in [6.45, 7) is 10.5. The minimum absolute atomic E-state index is 0.000935. The van der Waals surface area contributed by atoms with Crippen molar-refractivity contribution in [3.05, 3.63) is 34.9 Å². The quantitative estimate of drug-likeness (QED) is 0.454. The zero-order valence-corrected chi connectivity index (χ0v) is 19.7. The van der Waals surface area contributed by atoms with Gasteiger partial charge < -0.3 is 24.6 Å². The molecule has 0 bridgehead atoms. The van der Waals surface area contributed by atoms with E-state index in [9.17, 15) is 24.3 Å². The molecule has 0 saturated heterocycles. The monoisotopic (exact) mass is 451 g/mol. The van der Waals surface area contributed by atoms with Gasteiger partial charge in [0.05, 0.1) is 25.0 Å². The number of nitrogens with one attached hydrogen (secondary N) is 1. The van der Waals surface area contributed by atoms with Crippen LogP contribution in [0.2, 0.25) is 0 Å². The Morgan fingerprint density at radius 3 is 2.06 bits per heavy atom. The van der Waals surface area contributed by atoms with E-state index in [0.29, 0.717) is 11.1 Å². The Bertz CT molecular complexity index is 849. The van der Waals surface area contributed by atoms with Gasteiger partial charge in [0.15, 0.2) is 0 Å². The number of benzene rings is 1. The van der Waals surface area contributed by atoms with E-state index < -0.39 is 47.5 Å². The lowest BCUT2D eigenvalue weighted by Crippen LogP contribution is -2.32. The number of carbonyl (C=O) groups excluding carboxylic acids is 3. The third-order valence-corrected chi connectivity index (χ3v) is 4.08. The predicted molar refractivity (Wildman–Crippen MR) is 116 cm³/mol. The molecule has 178 valence electrons. The molecule has 1 aromatic carbocycles. The van der Waals surface area contributed by atoms with Crippen LogP contribution in [0, 0.1) is 5.92 Å². The maximum atomic E-state index is 12.5. The molecule has 0 spiro atoms. The van der Waals surface area contributed by atoms with Crippen LogP contribution in [0.5, 0.6) is 0 Å². The van der Waals surface area contributed by atoms with Crippen LogP contribution in [0.25, 0.3) is 0 Å². The number of alkyl carbamates (subject to hydrolysis) is 1. The summed E-state index contributed by atoms with van der Waals surface area (Å²) >= 11 is 0. The van der Waals surface area contributed by atoms with E-state index in [1.165, 1.54) is 13.2 Å². The van der Waals surface area contributed by atoms with E-state index in [2.05, 4.69) is 5.32 Å². The largest absolute Gasteiger partial charge is 0.481 e. The predicted octanol–water partition coefficient (Wildman–Crippen LogP) is 3.47. The second kappa shape index (κ2) is 11.0. The van der Waals surface area contributed by atoms with Crippen molar-refractivity contribution in [2.24, 2.45) is 5.92 Å². The standard InChI is InChI=1S/C23H33NO8/c1-22(2,3)31-20(28)14-8-9-15(13-24-21(29)32-23(4,5)6)16(10-14)11-17(12-18(25)26)19(27)30-7/h8-10,17H,11-13H2,1-7H3,(H,24,29)(H,25,26)/t17-/m0/s1.